The van der Waals surface area contributed by atoms with Crippen molar-refractivity contribution < 1.29 is 19.4 Å². The van der Waals surface area contributed by atoms with Gasteiger partial charge in [-0.05, 0) is 12.5 Å². The van der Waals surface area contributed by atoms with Crippen LogP contribution in [0.4, 0.5) is 4.79 Å². The van der Waals surface area contributed by atoms with E-state index in [-0.39, 0.29) is 11.8 Å². The third-order valence-corrected chi connectivity index (χ3v) is 3.47. The van der Waals surface area contributed by atoms with Gasteiger partial charge < -0.3 is 19.9 Å². The molecule has 1 aliphatic rings. The number of hydrogen-bond donors (Lipinski definition) is 2. The summed E-state index contributed by atoms with van der Waals surface area (Å²) in [6, 6.07) is 5.39. The molecule has 20 heavy (non-hydrogen) atoms. The van der Waals surface area contributed by atoms with Crippen molar-refractivity contribution >= 4 is 6.09 Å². The summed E-state index contributed by atoms with van der Waals surface area (Å²) in [4.78, 5) is 13.3. The molecular weight excluding hydrogens is 260 g/mol. The Labute approximate surface area is 118 Å². The molecule has 0 spiro atoms. The van der Waals surface area contributed by atoms with Crippen LogP contribution in [0.3, 0.4) is 0 Å². The van der Waals surface area contributed by atoms with E-state index in [1.807, 2.05) is 12.1 Å². The Morgan fingerprint density at radius 3 is 2.95 bits per heavy atom. The third-order valence-electron chi connectivity index (χ3n) is 3.47. The van der Waals surface area contributed by atoms with Gasteiger partial charge in [0.05, 0.1) is 14.2 Å². The molecule has 6 heteroatoms. The number of phenols is 1. The number of likely N-dealkylation sites (tertiary alicyclic amines) is 1. The van der Waals surface area contributed by atoms with Gasteiger partial charge in [-0.15, -0.1) is 0 Å². The summed E-state index contributed by atoms with van der Waals surface area (Å²) in [7, 11) is 2.93. The van der Waals surface area contributed by atoms with Crippen LogP contribution in [0, 0.1) is 0 Å². The summed E-state index contributed by atoms with van der Waals surface area (Å²) in [6.45, 7) is 2.27. The predicted molar refractivity (Wildman–Crippen MR) is 73.9 cm³/mol. The molecule has 1 heterocycles. The number of alkyl carbamates (subject to hydrolysis) is 1. The van der Waals surface area contributed by atoms with Gasteiger partial charge >= 0.3 is 6.09 Å². The lowest BCUT2D eigenvalue weighted by Crippen LogP contribution is -2.36. The molecule has 1 aliphatic heterocycles. The molecular formula is C14H20N2O4. The quantitative estimate of drug-likeness (QED) is 0.870. The second-order valence-electron chi connectivity index (χ2n) is 4.85. The highest BCUT2D eigenvalue weighted by Gasteiger charge is 2.24. The number of ether oxygens (including phenoxy) is 2. The van der Waals surface area contributed by atoms with Gasteiger partial charge in [0.25, 0.3) is 0 Å². The lowest BCUT2D eigenvalue weighted by molar-refractivity contribution is 0.166. The van der Waals surface area contributed by atoms with Crippen molar-refractivity contribution in [1.82, 2.24) is 10.2 Å². The predicted octanol–water partition coefficient (Wildman–Crippen LogP) is 1.33. The molecule has 0 bridgehead atoms. The minimum atomic E-state index is -0.399. The highest BCUT2D eigenvalue weighted by atomic mass is 16.5. The number of hydrogen-bond acceptors (Lipinski definition) is 5. The first-order valence-corrected chi connectivity index (χ1v) is 6.55. The molecule has 1 fully saturated rings. The molecule has 0 saturated carbocycles. The lowest BCUT2D eigenvalue weighted by Gasteiger charge is -2.17. The van der Waals surface area contributed by atoms with E-state index in [4.69, 9.17) is 4.74 Å². The van der Waals surface area contributed by atoms with Crippen molar-refractivity contribution in [2.45, 2.75) is 19.0 Å². The SMILES string of the molecule is COC(=O)NC1CCN(Cc2ccc(OC)cc2O)C1. The fourth-order valence-corrected chi connectivity index (χ4v) is 2.36. The first-order valence-electron chi connectivity index (χ1n) is 6.55. The molecule has 1 aromatic rings. The standard InChI is InChI=1S/C14H20N2O4/c1-19-12-4-3-10(13(17)7-12)8-16-6-5-11(9-16)15-14(18)20-2/h3-4,7,11,17H,5-6,8-9H2,1-2H3,(H,15,18). The number of aromatic hydroxyl groups is 1. The van der Waals surface area contributed by atoms with Crippen molar-refractivity contribution in [2.24, 2.45) is 0 Å². The Bertz CT molecular complexity index is 478. The molecule has 2 N–H and O–H groups in total. The lowest BCUT2D eigenvalue weighted by atomic mass is 10.2. The summed E-state index contributed by atoms with van der Waals surface area (Å²) >= 11 is 0. The van der Waals surface area contributed by atoms with Gasteiger partial charge in [-0.2, -0.15) is 0 Å². The Morgan fingerprint density at radius 1 is 1.50 bits per heavy atom. The van der Waals surface area contributed by atoms with E-state index in [0.717, 1.165) is 25.1 Å². The number of methoxy groups -OCH3 is 2. The molecule has 1 saturated heterocycles. The van der Waals surface area contributed by atoms with Crippen LogP contribution in [-0.4, -0.2) is 49.5 Å². The summed E-state index contributed by atoms with van der Waals surface area (Å²) in [5.74, 6) is 0.867. The fraction of sp³-hybridized carbons (Fsp3) is 0.500. The Hall–Kier alpha value is -1.95. The van der Waals surface area contributed by atoms with E-state index in [9.17, 15) is 9.90 Å². The average Bonchev–Trinajstić information content (AvgIpc) is 2.88. The summed E-state index contributed by atoms with van der Waals surface area (Å²) in [5.41, 5.74) is 0.851. The number of carbonyl (C=O) groups excluding carboxylic acids is 1. The van der Waals surface area contributed by atoms with Gasteiger partial charge in [0.1, 0.15) is 11.5 Å². The molecule has 2 rings (SSSR count). The highest BCUT2D eigenvalue weighted by Crippen LogP contribution is 2.25. The zero-order valence-corrected chi connectivity index (χ0v) is 11.8. The summed E-state index contributed by atoms with van der Waals surface area (Å²) in [5, 5.41) is 12.7. The van der Waals surface area contributed by atoms with Crippen molar-refractivity contribution in [2.75, 3.05) is 27.3 Å². The molecule has 0 aliphatic carbocycles. The third kappa shape index (κ3) is 3.54. The Kier molecular flexibility index (Phi) is 4.68. The molecule has 1 atom stereocenters. The minimum Gasteiger partial charge on any atom is -0.507 e. The maximum atomic E-state index is 11.2. The van der Waals surface area contributed by atoms with Gasteiger partial charge in [0.2, 0.25) is 0 Å². The zero-order valence-electron chi connectivity index (χ0n) is 11.8. The summed E-state index contributed by atoms with van der Waals surface area (Å²) < 4.78 is 9.65. The van der Waals surface area contributed by atoms with Crippen LogP contribution >= 0.6 is 0 Å². The second-order valence-corrected chi connectivity index (χ2v) is 4.85. The molecule has 0 radical (unpaired) electrons. The van der Waals surface area contributed by atoms with E-state index in [0.29, 0.717) is 12.3 Å². The monoisotopic (exact) mass is 280 g/mol. The molecule has 6 nitrogen and oxygen atoms in total. The molecule has 1 aromatic carbocycles. The van der Waals surface area contributed by atoms with Crippen molar-refractivity contribution in [1.29, 1.82) is 0 Å². The summed E-state index contributed by atoms with van der Waals surface area (Å²) in [6.07, 6.45) is 0.482. The van der Waals surface area contributed by atoms with Gasteiger partial charge in [-0.3, -0.25) is 4.90 Å². The van der Waals surface area contributed by atoms with Crippen LogP contribution in [0.1, 0.15) is 12.0 Å². The number of benzene rings is 1. The fourth-order valence-electron chi connectivity index (χ4n) is 2.36. The number of carbonyl (C=O) groups is 1. The number of nitrogens with one attached hydrogen (secondary N) is 1. The number of phenolic OH excluding ortho intramolecular Hbond substituents is 1. The van der Waals surface area contributed by atoms with Crippen LogP contribution in [0.25, 0.3) is 0 Å². The second kappa shape index (κ2) is 6.47. The number of nitrogens with zero attached hydrogens (tertiary/aromatic N) is 1. The smallest absolute Gasteiger partial charge is 0.407 e. The van der Waals surface area contributed by atoms with Gasteiger partial charge in [0.15, 0.2) is 0 Å². The maximum absolute atomic E-state index is 11.2. The first-order chi connectivity index (χ1) is 9.62. The van der Waals surface area contributed by atoms with E-state index in [2.05, 4.69) is 15.0 Å². The van der Waals surface area contributed by atoms with Gasteiger partial charge in [-0.25, -0.2) is 4.79 Å². The van der Waals surface area contributed by atoms with E-state index in [1.165, 1.54) is 7.11 Å². The highest BCUT2D eigenvalue weighted by molar-refractivity contribution is 5.67. The normalized spacial score (nSPS) is 18.8. The van der Waals surface area contributed by atoms with E-state index in [1.54, 1.807) is 13.2 Å². The maximum Gasteiger partial charge on any atom is 0.407 e. The van der Waals surface area contributed by atoms with Crippen molar-refractivity contribution in [3.63, 3.8) is 0 Å². The van der Waals surface area contributed by atoms with Crippen molar-refractivity contribution in [3.8, 4) is 11.5 Å². The number of amides is 1. The van der Waals surface area contributed by atoms with Crippen LogP contribution in [0.15, 0.2) is 18.2 Å². The first kappa shape index (κ1) is 14.5. The van der Waals surface area contributed by atoms with Gasteiger partial charge in [0, 0.05) is 37.3 Å². The van der Waals surface area contributed by atoms with E-state index >= 15 is 0 Å². The molecule has 1 amide bonds. The molecule has 0 aromatic heterocycles. The largest absolute Gasteiger partial charge is 0.507 e. The Balaban J connectivity index is 1.90. The van der Waals surface area contributed by atoms with Crippen LogP contribution in [0.5, 0.6) is 11.5 Å². The van der Waals surface area contributed by atoms with Crippen LogP contribution in [-0.2, 0) is 11.3 Å². The Morgan fingerprint density at radius 2 is 2.30 bits per heavy atom. The minimum absolute atomic E-state index is 0.0999. The van der Waals surface area contributed by atoms with Gasteiger partial charge in [-0.1, -0.05) is 6.07 Å². The van der Waals surface area contributed by atoms with Crippen LogP contribution < -0.4 is 10.1 Å². The topological polar surface area (TPSA) is 71.0 Å². The zero-order chi connectivity index (χ0) is 14.5. The van der Waals surface area contributed by atoms with E-state index < -0.39 is 6.09 Å². The molecule has 1 unspecified atom stereocenters. The van der Waals surface area contributed by atoms with Crippen LogP contribution in [0.2, 0.25) is 0 Å². The average molecular weight is 280 g/mol. The molecule has 110 valence electrons. The van der Waals surface area contributed by atoms with Crippen molar-refractivity contribution in [3.05, 3.63) is 23.8 Å². The number of rotatable bonds is 4.